The zero-order valence-electron chi connectivity index (χ0n) is 20.7. The van der Waals surface area contributed by atoms with Gasteiger partial charge in [-0.2, -0.15) is 10.1 Å². The van der Waals surface area contributed by atoms with Crippen LogP contribution in [0.3, 0.4) is 0 Å². The molecule has 4 aromatic rings. The van der Waals surface area contributed by atoms with Crippen molar-refractivity contribution in [2.24, 2.45) is 10.5 Å². The molecule has 0 N–H and O–H groups in total. The third kappa shape index (κ3) is 3.42. The van der Waals surface area contributed by atoms with E-state index in [1.165, 1.54) is 12.1 Å². The Kier molecular flexibility index (Phi) is 5.49. The van der Waals surface area contributed by atoms with E-state index in [1.807, 2.05) is 91.9 Å². The SMILES string of the molecule is COC(=O)C1=C[C@]2(C(=O)N(c3ccccc3)N=C2C)[C@H](c2ccccc2)[C@H]1c1cccc2ccccc12. The van der Waals surface area contributed by atoms with Crippen LogP contribution in [0.15, 0.2) is 120 Å². The number of hydrazone groups is 1. The van der Waals surface area contributed by atoms with Crippen LogP contribution in [0.5, 0.6) is 0 Å². The van der Waals surface area contributed by atoms with E-state index in [9.17, 15) is 9.59 Å². The summed E-state index contributed by atoms with van der Waals surface area (Å²) in [5, 5.41) is 8.36. The van der Waals surface area contributed by atoms with E-state index in [4.69, 9.17) is 9.84 Å². The van der Waals surface area contributed by atoms with Crippen LogP contribution in [0.2, 0.25) is 0 Å². The van der Waals surface area contributed by atoms with Crippen LogP contribution in [-0.4, -0.2) is 24.7 Å². The highest BCUT2D eigenvalue weighted by molar-refractivity contribution is 6.22. The quantitative estimate of drug-likeness (QED) is 0.321. The van der Waals surface area contributed by atoms with E-state index >= 15 is 0 Å². The predicted octanol–water partition coefficient (Wildman–Crippen LogP) is 6.23. The average Bonchev–Trinajstić information content (AvgIpc) is 3.44. The smallest absolute Gasteiger partial charge is 0.334 e. The molecule has 0 radical (unpaired) electrons. The number of nitrogens with zero attached hydrogens (tertiary/aromatic N) is 2. The Morgan fingerprint density at radius 3 is 2.24 bits per heavy atom. The molecule has 5 heteroatoms. The van der Waals surface area contributed by atoms with Gasteiger partial charge in [-0.15, -0.1) is 0 Å². The van der Waals surface area contributed by atoms with Crippen LogP contribution >= 0.6 is 0 Å². The predicted molar refractivity (Wildman–Crippen MR) is 145 cm³/mol. The summed E-state index contributed by atoms with van der Waals surface area (Å²) in [5.41, 5.74) is 2.64. The van der Waals surface area contributed by atoms with E-state index in [0.29, 0.717) is 17.0 Å². The van der Waals surface area contributed by atoms with Gasteiger partial charge in [0.05, 0.1) is 18.5 Å². The Bertz CT molecular complexity index is 1570. The number of methoxy groups -OCH3 is 1. The normalized spacial score (nSPS) is 22.9. The highest BCUT2D eigenvalue weighted by Crippen LogP contribution is 2.60. The monoisotopic (exact) mass is 486 g/mol. The molecular weight excluding hydrogens is 460 g/mol. The van der Waals surface area contributed by atoms with Crippen molar-refractivity contribution in [1.82, 2.24) is 0 Å². The third-order valence-corrected chi connectivity index (χ3v) is 7.68. The summed E-state index contributed by atoms with van der Waals surface area (Å²) >= 11 is 0. The van der Waals surface area contributed by atoms with Crippen molar-refractivity contribution in [3.8, 4) is 0 Å². The maximum atomic E-state index is 14.4. The lowest BCUT2D eigenvalue weighted by molar-refractivity contribution is -0.136. The number of carbonyl (C=O) groups is 2. The molecule has 0 bridgehead atoms. The molecule has 182 valence electrons. The summed E-state index contributed by atoms with van der Waals surface area (Å²) in [6.45, 7) is 1.88. The number of hydrogen-bond donors (Lipinski definition) is 0. The van der Waals surface area contributed by atoms with Gasteiger partial charge in [-0.3, -0.25) is 4.79 Å². The van der Waals surface area contributed by atoms with Gasteiger partial charge in [0.2, 0.25) is 0 Å². The maximum absolute atomic E-state index is 14.4. The Hall–Kier alpha value is -4.51. The highest BCUT2D eigenvalue weighted by Gasteiger charge is 2.61. The molecular formula is C32H26N2O3. The number of carbonyl (C=O) groups excluding carboxylic acids is 2. The van der Waals surface area contributed by atoms with Gasteiger partial charge in [-0.1, -0.05) is 97.1 Å². The molecule has 1 spiro atoms. The zero-order valence-corrected chi connectivity index (χ0v) is 20.7. The van der Waals surface area contributed by atoms with Crippen molar-refractivity contribution in [1.29, 1.82) is 0 Å². The zero-order chi connectivity index (χ0) is 25.6. The van der Waals surface area contributed by atoms with Gasteiger partial charge in [-0.05, 0) is 41.0 Å². The molecule has 4 aromatic carbocycles. The van der Waals surface area contributed by atoms with Gasteiger partial charge in [0.25, 0.3) is 5.91 Å². The van der Waals surface area contributed by atoms with Gasteiger partial charge in [0.15, 0.2) is 0 Å². The van der Waals surface area contributed by atoms with Crippen LogP contribution in [0.25, 0.3) is 10.8 Å². The Morgan fingerprint density at radius 2 is 1.51 bits per heavy atom. The second-order valence-electron chi connectivity index (χ2n) is 9.53. The number of rotatable bonds is 4. The first-order valence-corrected chi connectivity index (χ1v) is 12.3. The number of benzene rings is 4. The van der Waals surface area contributed by atoms with Crippen molar-refractivity contribution < 1.29 is 14.3 Å². The second kappa shape index (κ2) is 8.86. The number of amides is 1. The van der Waals surface area contributed by atoms with Gasteiger partial charge in [0, 0.05) is 17.4 Å². The minimum Gasteiger partial charge on any atom is -0.466 e. The Morgan fingerprint density at radius 1 is 0.865 bits per heavy atom. The summed E-state index contributed by atoms with van der Waals surface area (Å²) < 4.78 is 5.29. The summed E-state index contributed by atoms with van der Waals surface area (Å²) in [6, 6.07) is 33.6. The molecule has 1 aliphatic carbocycles. The number of hydrogen-bond acceptors (Lipinski definition) is 4. The molecule has 0 aromatic heterocycles. The van der Waals surface area contributed by atoms with Gasteiger partial charge in [-0.25, -0.2) is 4.79 Å². The van der Waals surface area contributed by atoms with E-state index < -0.39 is 23.2 Å². The van der Waals surface area contributed by atoms with Crippen molar-refractivity contribution in [2.45, 2.75) is 18.8 Å². The standard InChI is InChI=1S/C32H26N2O3/c1-21-32(31(36)34(33-21)24-16-7-4-8-17-24)20-27(30(35)37-2)28(29(32)23-13-5-3-6-14-23)26-19-11-15-22-12-9-10-18-25(22)26/h3-20,28-29H,1-2H3/t28-,29+,32+/m0/s1. The molecule has 0 fully saturated rings. The number of fused-ring (bicyclic) bond motifs is 1. The minimum absolute atomic E-state index is 0.172. The van der Waals surface area contributed by atoms with Crippen molar-refractivity contribution in [3.05, 3.63) is 126 Å². The molecule has 3 atom stereocenters. The molecule has 1 amide bonds. The van der Waals surface area contributed by atoms with Crippen molar-refractivity contribution in [3.63, 3.8) is 0 Å². The largest absolute Gasteiger partial charge is 0.466 e. The van der Waals surface area contributed by atoms with Crippen molar-refractivity contribution >= 4 is 34.0 Å². The van der Waals surface area contributed by atoms with Crippen LogP contribution in [-0.2, 0) is 14.3 Å². The van der Waals surface area contributed by atoms with Crippen LogP contribution in [0.4, 0.5) is 5.69 Å². The third-order valence-electron chi connectivity index (χ3n) is 7.68. The van der Waals surface area contributed by atoms with E-state index in [1.54, 1.807) is 0 Å². The topological polar surface area (TPSA) is 59.0 Å². The molecule has 6 rings (SSSR count). The van der Waals surface area contributed by atoms with Crippen LogP contribution < -0.4 is 5.01 Å². The lowest BCUT2D eigenvalue weighted by atomic mass is 9.66. The number of anilines is 1. The Labute approximate surface area is 215 Å². The second-order valence-corrected chi connectivity index (χ2v) is 9.53. The number of para-hydroxylation sites is 1. The molecule has 37 heavy (non-hydrogen) atoms. The molecule has 1 aliphatic heterocycles. The van der Waals surface area contributed by atoms with E-state index in [2.05, 4.69) is 24.3 Å². The van der Waals surface area contributed by atoms with Gasteiger partial charge >= 0.3 is 5.97 Å². The van der Waals surface area contributed by atoms with Crippen LogP contribution in [0.1, 0.15) is 29.9 Å². The number of esters is 1. The van der Waals surface area contributed by atoms with E-state index in [-0.39, 0.29) is 5.91 Å². The average molecular weight is 487 g/mol. The molecule has 0 saturated carbocycles. The summed E-state index contributed by atoms with van der Waals surface area (Å²) in [4.78, 5) is 27.8. The van der Waals surface area contributed by atoms with Gasteiger partial charge in [0.1, 0.15) is 5.41 Å². The lowest BCUT2D eigenvalue weighted by Crippen LogP contribution is -2.42. The fourth-order valence-electron chi connectivity index (χ4n) is 6.03. The highest BCUT2D eigenvalue weighted by atomic mass is 16.5. The molecule has 2 aliphatic rings. The first kappa shape index (κ1) is 22.9. The summed E-state index contributed by atoms with van der Waals surface area (Å²) in [6.07, 6.45) is 1.83. The lowest BCUT2D eigenvalue weighted by Gasteiger charge is -2.34. The first-order valence-electron chi connectivity index (χ1n) is 12.3. The fourth-order valence-corrected chi connectivity index (χ4v) is 6.03. The van der Waals surface area contributed by atoms with Crippen molar-refractivity contribution in [2.75, 3.05) is 12.1 Å². The fraction of sp³-hybridized carbons (Fsp3) is 0.156. The summed E-state index contributed by atoms with van der Waals surface area (Å²) in [7, 11) is 1.39. The molecule has 0 saturated heterocycles. The summed E-state index contributed by atoms with van der Waals surface area (Å²) in [5.74, 6) is -1.41. The minimum atomic E-state index is -1.14. The molecule has 5 nitrogen and oxygen atoms in total. The maximum Gasteiger partial charge on any atom is 0.334 e. The van der Waals surface area contributed by atoms with Gasteiger partial charge < -0.3 is 4.74 Å². The van der Waals surface area contributed by atoms with Crippen LogP contribution in [0, 0.1) is 5.41 Å². The molecule has 0 unspecified atom stereocenters. The first-order chi connectivity index (χ1) is 18.1. The Balaban J connectivity index is 1.63. The van der Waals surface area contributed by atoms with E-state index in [0.717, 1.165) is 21.9 Å². The number of ether oxygens (including phenoxy) is 1. The molecule has 1 heterocycles.